The summed E-state index contributed by atoms with van der Waals surface area (Å²) < 4.78 is 11.4. The Morgan fingerprint density at radius 2 is 1.93 bits per heavy atom. The van der Waals surface area contributed by atoms with Crippen molar-refractivity contribution in [3.8, 4) is 11.5 Å². The van der Waals surface area contributed by atoms with Crippen LogP contribution in [0.25, 0.3) is 11.5 Å². The second-order valence-electron chi connectivity index (χ2n) is 7.14. The standard InChI is InChI=1S/C22H24N4O3/c1-16(27)23-13-17-7-9-19(10-8-17)22-24-21(25-29-22)20-15-26(11-12-28-20)14-18-5-3-2-4-6-18/h2-10,20H,11-15H2,1H3,(H,23,27)/t20-/m0/s1. The number of hydrogen-bond donors (Lipinski definition) is 1. The highest BCUT2D eigenvalue weighted by Crippen LogP contribution is 2.24. The summed E-state index contributed by atoms with van der Waals surface area (Å²) in [7, 11) is 0. The van der Waals surface area contributed by atoms with E-state index in [2.05, 4.69) is 44.6 Å². The van der Waals surface area contributed by atoms with Crippen molar-refractivity contribution in [2.24, 2.45) is 0 Å². The third-order valence-corrected chi connectivity index (χ3v) is 4.87. The summed E-state index contributed by atoms with van der Waals surface area (Å²) in [5.41, 5.74) is 3.13. The van der Waals surface area contributed by atoms with Gasteiger partial charge in [-0.3, -0.25) is 9.69 Å². The number of carbonyl (C=O) groups excluding carboxylic acids is 1. The second kappa shape index (κ2) is 8.98. The van der Waals surface area contributed by atoms with Gasteiger partial charge in [-0.1, -0.05) is 47.6 Å². The summed E-state index contributed by atoms with van der Waals surface area (Å²) in [4.78, 5) is 17.9. The minimum atomic E-state index is -0.205. The van der Waals surface area contributed by atoms with Gasteiger partial charge in [0, 0.05) is 38.7 Å². The fourth-order valence-electron chi connectivity index (χ4n) is 3.32. The molecule has 0 radical (unpaired) electrons. The monoisotopic (exact) mass is 392 g/mol. The lowest BCUT2D eigenvalue weighted by molar-refractivity contribution is -0.119. The first-order valence-electron chi connectivity index (χ1n) is 9.72. The second-order valence-corrected chi connectivity index (χ2v) is 7.14. The number of carbonyl (C=O) groups is 1. The summed E-state index contributed by atoms with van der Waals surface area (Å²) >= 11 is 0. The van der Waals surface area contributed by atoms with E-state index in [0.29, 0.717) is 24.9 Å². The van der Waals surface area contributed by atoms with Crippen LogP contribution in [0.2, 0.25) is 0 Å². The van der Waals surface area contributed by atoms with E-state index in [1.807, 2.05) is 30.3 Å². The van der Waals surface area contributed by atoms with Crippen molar-refractivity contribution in [1.82, 2.24) is 20.4 Å². The van der Waals surface area contributed by atoms with Crippen molar-refractivity contribution in [2.75, 3.05) is 19.7 Å². The van der Waals surface area contributed by atoms with Crippen LogP contribution in [0.1, 0.15) is 30.0 Å². The molecule has 2 aromatic carbocycles. The molecule has 7 heteroatoms. The molecule has 1 aliphatic heterocycles. The van der Waals surface area contributed by atoms with Crippen molar-refractivity contribution in [3.05, 3.63) is 71.5 Å². The molecule has 0 aliphatic carbocycles. The number of rotatable bonds is 6. The van der Waals surface area contributed by atoms with Crippen LogP contribution in [-0.4, -0.2) is 40.6 Å². The molecule has 1 N–H and O–H groups in total. The zero-order valence-electron chi connectivity index (χ0n) is 16.4. The van der Waals surface area contributed by atoms with E-state index in [9.17, 15) is 4.79 Å². The zero-order chi connectivity index (χ0) is 20.1. The van der Waals surface area contributed by atoms with E-state index >= 15 is 0 Å². The minimum absolute atomic E-state index is 0.0515. The Kier molecular flexibility index (Phi) is 5.97. The van der Waals surface area contributed by atoms with Gasteiger partial charge >= 0.3 is 0 Å². The van der Waals surface area contributed by atoms with Gasteiger partial charge in [0.25, 0.3) is 5.89 Å². The molecule has 1 amide bonds. The van der Waals surface area contributed by atoms with Crippen molar-refractivity contribution in [2.45, 2.75) is 26.1 Å². The van der Waals surface area contributed by atoms with E-state index in [1.54, 1.807) is 0 Å². The molecule has 0 bridgehead atoms. The van der Waals surface area contributed by atoms with Crippen LogP contribution in [0.4, 0.5) is 0 Å². The Hall–Kier alpha value is -3.03. The molecule has 0 saturated carbocycles. The quantitative estimate of drug-likeness (QED) is 0.695. The summed E-state index contributed by atoms with van der Waals surface area (Å²) in [6.07, 6.45) is -0.205. The van der Waals surface area contributed by atoms with E-state index in [-0.39, 0.29) is 12.0 Å². The molecule has 0 spiro atoms. The lowest BCUT2D eigenvalue weighted by atomic mass is 10.1. The van der Waals surface area contributed by atoms with Gasteiger partial charge in [-0.15, -0.1) is 0 Å². The number of morpholine rings is 1. The topological polar surface area (TPSA) is 80.5 Å². The van der Waals surface area contributed by atoms with Crippen LogP contribution in [0.3, 0.4) is 0 Å². The fraction of sp³-hybridized carbons (Fsp3) is 0.318. The van der Waals surface area contributed by atoms with Gasteiger partial charge in [0.1, 0.15) is 6.10 Å². The maximum absolute atomic E-state index is 11.0. The highest BCUT2D eigenvalue weighted by atomic mass is 16.5. The highest BCUT2D eigenvalue weighted by Gasteiger charge is 2.26. The molecule has 1 saturated heterocycles. The smallest absolute Gasteiger partial charge is 0.258 e. The number of aromatic nitrogens is 2. The maximum Gasteiger partial charge on any atom is 0.258 e. The molecule has 1 aromatic heterocycles. The molecule has 1 aliphatic rings. The van der Waals surface area contributed by atoms with E-state index in [1.165, 1.54) is 12.5 Å². The molecule has 1 atom stereocenters. The Bertz CT molecular complexity index is 940. The van der Waals surface area contributed by atoms with Crippen LogP contribution in [0, 0.1) is 0 Å². The Balaban J connectivity index is 1.39. The van der Waals surface area contributed by atoms with Crippen LogP contribution in [0.15, 0.2) is 59.1 Å². The zero-order valence-corrected chi connectivity index (χ0v) is 16.4. The maximum atomic E-state index is 11.0. The van der Waals surface area contributed by atoms with Crippen LogP contribution >= 0.6 is 0 Å². The third-order valence-electron chi connectivity index (χ3n) is 4.87. The van der Waals surface area contributed by atoms with Crippen molar-refractivity contribution in [3.63, 3.8) is 0 Å². The average molecular weight is 392 g/mol. The van der Waals surface area contributed by atoms with E-state index in [0.717, 1.165) is 30.8 Å². The summed E-state index contributed by atoms with van der Waals surface area (Å²) in [6, 6.07) is 18.1. The molecular weight excluding hydrogens is 368 g/mol. The Morgan fingerprint density at radius 1 is 1.14 bits per heavy atom. The number of nitrogens with one attached hydrogen (secondary N) is 1. The number of hydrogen-bond acceptors (Lipinski definition) is 6. The molecule has 1 fully saturated rings. The Morgan fingerprint density at radius 3 is 2.69 bits per heavy atom. The van der Waals surface area contributed by atoms with Gasteiger partial charge in [0.15, 0.2) is 0 Å². The lowest BCUT2D eigenvalue weighted by Crippen LogP contribution is -2.38. The first-order chi connectivity index (χ1) is 14.2. The molecule has 2 heterocycles. The van der Waals surface area contributed by atoms with Gasteiger partial charge < -0.3 is 14.6 Å². The van der Waals surface area contributed by atoms with Crippen molar-refractivity contribution in [1.29, 1.82) is 0 Å². The normalized spacial score (nSPS) is 17.2. The predicted octanol–water partition coefficient (Wildman–Crippen LogP) is 2.95. The lowest BCUT2D eigenvalue weighted by Gasteiger charge is -2.31. The molecule has 29 heavy (non-hydrogen) atoms. The largest absolute Gasteiger partial charge is 0.367 e. The van der Waals surface area contributed by atoms with Gasteiger partial charge in [0.2, 0.25) is 11.7 Å². The average Bonchev–Trinajstić information content (AvgIpc) is 3.24. The number of ether oxygens (including phenoxy) is 1. The van der Waals surface area contributed by atoms with Crippen LogP contribution < -0.4 is 5.32 Å². The summed E-state index contributed by atoms with van der Waals surface area (Å²) in [5, 5.41) is 6.92. The SMILES string of the molecule is CC(=O)NCc1ccc(-c2nc([C@@H]3CN(Cc4ccccc4)CCO3)no2)cc1. The minimum Gasteiger partial charge on any atom is -0.367 e. The van der Waals surface area contributed by atoms with E-state index < -0.39 is 0 Å². The third kappa shape index (κ3) is 5.07. The van der Waals surface area contributed by atoms with Gasteiger partial charge in [0.05, 0.1) is 6.61 Å². The fourth-order valence-corrected chi connectivity index (χ4v) is 3.32. The molecule has 3 aromatic rings. The first kappa shape index (κ1) is 19.3. The van der Waals surface area contributed by atoms with Crippen molar-refractivity contribution < 1.29 is 14.1 Å². The molecule has 7 nitrogen and oxygen atoms in total. The molecule has 4 rings (SSSR count). The Labute approximate surface area is 169 Å². The number of amides is 1. The molecular formula is C22H24N4O3. The van der Waals surface area contributed by atoms with Crippen LogP contribution in [-0.2, 0) is 22.6 Å². The van der Waals surface area contributed by atoms with E-state index in [4.69, 9.17) is 9.26 Å². The number of benzene rings is 2. The van der Waals surface area contributed by atoms with Gasteiger partial charge in [-0.25, -0.2) is 0 Å². The first-order valence-corrected chi connectivity index (χ1v) is 9.72. The summed E-state index contributed by atoms with van der Waals surface area (Å²) in [5.74, 6) is 0.986. The molecule has 0 unspecified atom stereocenters. The highest BCUT2D eigenvalue weighted by molar-refractivity contribution is 5.72. The van der Waals surface area contributed by atoms with Crippen LogP contribution in [0.5, 0.6) is 0 Å². The summed E-state index contributed by atoms with van der Waals surface area (Å²) in [6.45, 7) is 5.12. The van der Waals surface area contributed by atoms with Gasteiger partial charge in [-0.2, -0.15) is 4.98 Å². The van der Waals surface area contributed by atoms with Gasteiger partial charge in [-0.05, 0) is 23.3 Å². The van der Waals surface area contributed by atoms with Crippen molar-refractivity contribution >= 4 is 5.91 Å². The molecule has 150 valence electrons. The predicted molar refractivity (Wildman–Crippen MR) is 108 cm³/mol. The number of nitrogens with zero attached hydrogens (tertiary/aromatic N) is 3.